The number of carbonyl (C=O) groups is 1. The average molecular weight is 353 g/mol. The minimum atomic E-state index is -0.250. The Hall–Kier alpha value is -2.63. The van der Waals surface area contributed by atoms with Gasteiger partial charge in [-0.25, -0.2) is 9.97 Å². The van der Waals surface area contributed by atoms with Crippen molar-refractivity contribution in [3.05, 3.63) is 42.4 Å². The Morgan fingerprint density at radius 1 is 1.08 bits per heavy atom. The molecule has 1 heterocycles. The summed E-state index contributed by atoms with van der Waals surface area (Å²) in [6.45, 7) is 6.17. The van der Waals surface area contributed by atoms with Crippen LogP contribution in [0.2, 0.25) is 0 Å². The first-order valence-electron chi connectivity index (χ1n) is 9.44. The van der Waals surface area contributed by atoms with E-state index >= 15 is 0 Å². The molecular formula is C20H27N5O. The molecule has 0 radical (unpaired) electrons. The van der Waals surface area contributed by atoms with Crippen LogP contribution in [0.15, 0.2) is 36.7 Å². The fourth-order valence-corrected chi connectivity index (χ4v) is 3.34. The van der Waals surface area contributed by atoms with Gasteiger partial charge in [0.2, 0.25) is 0 Å². The van der Waals surface area contributed by atoms with Crippen molar-refractivity contribution in [1.82, 2.24) is 9.97 Å². The van der Waals surface area contributed by atoms with E-state index in [0.29, 0.717) is 11.7 Å². The number of nitrogens with zero attached hydrogens (tertiary/aromatic N) is 3. The molecule has 1 aliphatic rings. The van der Waals surface area contributed by atoms with Gasteiger partial charge in [0.1, 0.15) is 11.5 Å². The summed E-state index contributed by atoms with van der Waals surface area (Å²) in [4.78, 5) is 23.2. The third-order valence-corrected chi connectivity index (χ3v) is 4.85. The summed E-state index contributed by atoms with van der Waals surface area (Å²) in [5.41, 5.74) is 2.21. The lowest BCUT2D eigenvalue weighted by atomic mass is 10.2. The molecule has 0 bridgehead atoms. The largest absolute Gasteiger partial charge is 0.372 e. The van der Waals surface area contributed by atoms with Gasteiger partial charge >= 0.3 is 0 Å². The molecule has 26 heavy (non-hydrogen) atoms. The van der Waals surface area contributed by atoms with E-state index in [4.69, 9.17) is 0 Å². The smallest absolute Gasteiger partial charge is 0.275 e. The van der Waals surface area contributed by atoms with E-state index in [0.717, 1.165) is 30.3 Å². The fraction of sp³-hybridized carbons (Fsp3) is 0.450. The van der Waals surface area contributed by atoms with Crippen molar-refractivity contribution in [2.75, 3.05) is 28.6 Å². The number of hydrogen-bond donors (Lipinski definition) is 2. The summed E-state index contributed by atoms with van der Waals surface area (Å²) in [5, 5.41) is 6.25. The maximum atomic E-state index is 12.4. The van der Waals surface area contributed by atoms with Gasteiger partial charge in [-0.15, -0.1) is 0 Å². The Morgan fingerprint density at radius 3 is 2.35 bits per heavy atom. The molecule has 6 nitrogen and oxygen atoms in total. The van der Waals surface area contributed by atoms with Gasteiger partial charge in [0.15, 0.2) is 0 Å². The van der Waals surface area contributed by atoms with E-state index in [-0.39, 0.29) is 5.91 Å². The number of hydrogen-bond acceptors (Lipinski definition) is 5. The van der Waals surface area contributed by atoms with Gasteiger partial charge in [-0.3, -0.25) is 4.79 Å². The van der Waals surface area contributed by atoms with Crippen LogP contribution in [-0.4, -0.2) is 35.0 Å². The predicted molar refractivity (Wildman–Crippen MR) is 106 cm³/mol. The first-order valence-corrected chi connectivity index (χ1v) is 9.44. The van der Waals surface area contributed by atoms with Crippen molar-refractivity contribution in [3.63, 3.8) is 0 Å². The fourth-order valence-electron chi connectivity index (χ4n) is 3.34. The topological polar surface area (TPSA) is 70.2 Å². The van der Waals surface area contributed by atoms with Gasteiger partial charge in [0, 0.05) is 30.5 Å². The molecule has 1 fully saturated rings. The van der Waals surface area contributed by atoms with Crippen LogP contribution >= 0.6 is 0 Å². The third kappa shape index (κ3) is 4.50. The highest BCUT2D eigenvalue weighted by Gasteiger charge is 2.15. The summed E-state index contributed by atoms with van der Waals surface area (Å²) in [6, 6.07) is 8.34. The molecule has 1 amide bonds. The molecule has 1 saturated carbocycles. The number of rotatable bonds is 7. The van der Waals surface area contributed by atoms with Crippen LogP contribution in [0.25, 0.3) is 0 Å². The van der Waals surface area contributed by atoms with Crippen molar-refractivity contribution in [1.29, 1.82) is 0 Å². The second-order valence-electron chi connectivity index (χ2n) is 6.59. The Balaban J connectivity index is 1.58. The lowest BCUT2D eigenvalue weighted by Crippen LogP contribution is -2.21. The number of anilines is 3. The molecule has 1 aromatic heterocycles. The van der Waals surface area contributed by atoms with Crippen molar-refractivity contribution in [2.24, 2.45) is 0 Å². The molecule has 6 heteroatoms. The van der Waals surface area contributed by atoms with Gasteiger partial charge in [-0.1, -0.05) is 12.8 Å². The molecule has 2 N–H and O–H groups in total. The maximum Gasteiger partial charge on any atom is 0.275 e. The van der Waals surface area contributed by atoms with E-state index in [1.165, 1.54) is 31.9 Å². The zero-order chi connectivity index (χ0) is 18.4. The van der Waals surface area contributed by atoms with Crippen molar-refractivity contribution in [3.8, 4) is 0 Å². The Bertz CT molecular complexity index is 704. The van der Waals surface area contributed by atoms with Gasteiger partial charge in [0.25, 0.3) is 5.91 Å². The van der Waals surface area contributed by atoms with Gasteiger partial charge in [-0.2, -0.15) is 0 Å². The molecular weight excluding hydrogens is 326 g/mol. The van der Waals surface area contributed by atoms with Gasteiger partial charge < -0.3 is 15.5 Å². The van der Waals surface area contributed by atoms with E-state index in [2.05, 4.69) is 39.3 Å². The van der Waals surface area contributed by atoms with E-state index < -0.39 is 0 Å². The third-order valence-electron chi connectivity index (χ3n) is 4.85. The lowest BCUT2D eigenvalue weighted by molar-refractivity contribution is 0.102. The first kappa shape index (κ1) is 18.2. The molecule has 1 aromatic carbocycles. The average Bonchev–Trinajstić information content (AvgIpc) is 3.18. The van der Waals surface area contributed by atoms with Crippen LogP contribution in [-0.2, 0) is 0 Å². The van der Waals surface area contributed by atoms with Crippen LogP contribution in [0.5, 0.6) is 0 Å². The number of carbonyl (C=O) groups excluding carboxylic acids is 1. The highest BCUT2D eigenvalue weighted by Crippen LogP contribution is 2.21. The molecule has 0 spiro atoms. The van der Waals surface area contributed by atoms with Crippen LogP contribution in [0.4, 0.5) is 17.2 Å². The quantitative estimate of drug-likeness (QED) is 0.789. The molecule has 1 aliphatic carbocycles. The molecule has 0 saturated heterocycles. The monoisotopic (exact) mass is 353 g/mol. The minimum absolute atomic E-state index is 0.250. The van der Waals surface area contributed by atoms with Gasteiger partial charge in [-0.05, 0) is 51.0 Å². The molecule has 2 aromatic rings. The molecule has 3 rings (SSSR count). The highest BCUT2D eigenvalue weighted by molar-refractivity contribution is 6.02. The van der Waals surface area contributed by atoms with E-state index in [1.807, 2.05) is 24.3 Å². The standard InChI is InChI=1S/C20H27N5O/c1-3-25(4-2)17-11-9-16(10-12-17)24-20(26)18-13-22-19(14-21-18)23-15-7-5-6-8-15/h9-15H,3-8H2,1-2H3,(H,22,23)(H,24,26). The van der Waals surface area contributed by atoms with Crippen molar-refractivity contribution >= 4 is 23.1 Å². The molecule has 0 atom stereocenters. The van der Waals surface area contributed by atoms with E-state index in [1.54, 1.807) is 6.20 Å². The molecule has 0 unspecified atom stereocenters. The highest BCUT2D eigenvalue weighted by atomic mass is 16.1. The van der Waals surface area contributed by atoms with Crippen molar-refractivity contribution in [2.45, 2.75) is 45.6 Å². The Morgan fingerprint density at radius 2 is 1.77 bits per heavy atom. The number of amides is 1. The van der Waals surface area contributed by atoms with Gasteiger partial charge in [0.05, 0.1) is 12.4 Å². The zero-order valence-electron chi connectivity index (χ0n) is 15.5. The first-order chi connectivity index (χ1) is 12.7. The molecule has 0 aliphatic heterocycles. The van der Waals surface area contributed by atoms with Crippen molar-refractivity contribution < 1.29 is 4.79 Å². The van der Waals surface area contributed by atoms with Crippen LogP contribution in [0.3, 0.4) is 0 Å². The maximum absolute atomic E-state index is 12.4. The Kier molecular flexibility index (Phi) is 6.04. The summed E-state index contributed by atoms with van der Waals surface area (Å²) < 4.78 is 0. The second-order valence-corrected chi connectivity index (χ2v) is 6.59. The Labute approximate surface area is 155 Å². The summed E-state index contributed by atoms with van der Waals surface area (Å²) >= 11 is 0. The SMILES string of the molecule is CCN(CC)c1ccc(NC(=O)c2cnc(NC3CCCC3)cn2)cc1. The summed E-state index contributed by atoms with van der Waals surface area (Å²) in [6.07, 6.45) is 8.03. The van der Waals surface area contributed by atoms with Crippen LogP contribution in [0.1, 0.15) is 50.0 Å². The predicted octanol–water partition coefficient (Wildman–Crippen LogP) is 3.93. The zero-order valence-corrected chi connectivity index (χ0v) is 15.5. The normalized spacial score (nSPS) is 14.2. The molecule has 138 valence electrons. The second kappa shape index (κ2) is 8.65. The van der Waals surface area contributed by atoms with Crippen LogP contribution < -0.4 is 15.5 Å². The lowest BCUT2D eigenvalue weighted by Gasteiger charge is -2.21. The summed E-state index contributed by atoms with van der Waals surface area (Å²) in [7, 11) is 0. The number of nitrogens with one attached hydrogen (secondary N) is 2. The number of benzene rings is 1. The van der Waals surface area contributed by atoms with Crippen LogP contribution in [0, 0.1) is 0 Å². The number of aromatic nitrogens is 2. The minimum Gasteiger partial charge on any atom is -0.372 e. The van der Waals surface area contributed by atoms with E-state index in [9.17, 15) is 4.79 Å². The summed E-state index contributed by atoms with van der Waals surface area (Å²) in [5.74, 6) is 0.484.